The summed E-state index contributed by atoms with van der Waals surface area (Å²) in [5.74, 6) is 0.669. The topological polar surface area (TPSA) is 70.8 Å². The number of hydrogen-bond acceptors (Lipinski definition) is 4. The number of urea groups is 1. The predicted molar refractivity (Wildman–Crippen MR) is 124 cm³/mol. The molecule has 3 rings (SSSR count). The van der Waals surface area contributed by atoms with Gasteiger partial charge in [-0.05, 0) is 37.1 Å². The number of hydrogen-bond donors (Lipinski definition) is 2. The van der Waals surface area contributed by atoms with Crippen molar-refractivity contribution >= 4 is 42.2 Å². The standard InChI is InChI=1S/C21H28N4O2.2ClH/c1-17-7-5-10-19(20(17)23-21(22)26)27-16-6-11-24-12-14-25(15-13-24)18-8-3-2-4-9-18;;/h2-5,7-10H,6,11-16H2,1H3,(H3,22,23,26);2*1H. The molecule has 2 aromatic rings. The Bertz CT molecular complexity index is 754. The van der Waals surface area contributed by atoms with Gasteiger partial charge < -0.3 is 20.7 Å². The van der Waals surface area contributed by atoms with E-state index in [1.807, 2.05) is 25.1 Å². The number of aryl methyl sites for hydroxylation is 1. The minimum absolute atomic E-state index is 0. The van der Waals surface area contributed by atoms with Gasteiger partial charge in [-0.2, -0.15) is 0 Å². The molecule has 8 heteroatoms. The van der Waals surface area contributed by atoms with E-state index in [0.717, 1.165) is 44.7 Å². The molecular formula is C21H30Cl2N4O2. The molecule has 0 saturated carbocycles. The number of rotatable bonds is 7. The highest BCUT2D eigenvalue weighted by Crippen LogP contribution is 2.28. The lowest BCUT2D eigenvalue weighted by Crippen LogP contribution is -2.46. The second kappa shape index (κ2) is 12.4. The van der Waals surface area contributed by atoms with Crippen molar-refractivity contribution < 1.29 is 9.53 Å². The Kier molecular flexibility index (Phi) is 10.7. The number of carbonyl (C=O) groups excluding carboxylic acids is 1. The summed E-state index contributed by atoms with van der Waals surface area (Å²) in [6.07, 6.45) is 0.940. The van der Waals surface area contributed by atoms with Gasteiger partial charge in [-0.3, -0.25) is 4.90 Å². The Morgan fingerprint density at radius 2 is 1.72 bits per heavy atom. The number of carbonyl (C=O) groups is 1. The van der Waals surface area contributed by atoms with Crippen molar-refractivity contribution in [2.75, 3.05) is 49.5 Å². The van der Waals surface area contributed by atoms with Crippen molar-refractivity contribution in [2.45, 2.75) is 13.3 Å². The minimum atomic E-state index is -0.578. The smallest absolute Gasteiger partial charge is 0.316 e. The number of nitrogens with zero attached hydrogens (tertiary/aromatic N) is 2. The van der Waals surface area contributed by atoms with Crippen LogP contribution in [-0.4, -0.2) is 50.3 Å². The van der Waals surface area contributed by atoms with Crippen LogP contribution in [0, 0.1) is 6.92 Å². The van der Waals surface area contributed by atoms with Gasteiger partial charge in [0.1, 0.15) is 5.75 Å². The number of ether oxygens (including phenoxy) is 1. The summed E-state index contributed by atoms with van der Waals surface area (Å²) < 4.78 is 5.89. The number of piperazine rings is 1. The van der Waals surface area contributed by atoms with Crippen LogP contribution in [-0.2, 0) is 0 Å². The molecule has 1 heterocycles. The fourth-order valence-corrected chi connectivity index (χ4v) is 3.38. The van der Waals surface area contributed by atoms with Crippen molar-refractivity contribution in [1.82, 2.24) is 4.90 Å². The average molecular weight is 441 g/mol. The molecule has 1 aliphatic rings. The molecule has 160 valence electrons. The maximum Gasteiger partial charge on any atom is 0.316 e. The van der Waals surface area contributed by atoms with Crippen LogP contribution in [0.15, 0.2) is 48.5 Å². The largest absolute Gasteiger partial charge is 0.491 e. The van der Waals surface area contributed by atoms with Crippen LogP contribution in [0.2, 0.25) is 0 Å². The summed E-state index contributed by atoms with van der Waals surface area (Å²) in [5, 5.41) is 2.65. The second-order valence-corrected chi connectivity index (χ2v) is 6.80. The molecular weight excluding hydrogens is 411 g/mol. The fraction of sp³-hybridized carbons (Fsp3) is 0.381. The maximum atomic E-state index is 11.2. The number of primary amides is 1. The van der Waals surface area contributed by atoms with Gasteiger partial charge in [0.25, 0.3) is 0 Å². The van der Waals surface area contributed by atoms with Crippen molar-refractivity contribution in [2.24, 2.45) is 5.73 Å². The van der Waals surface area contributed by atoms with Gasteiger partial charge in [0.2, 0.25) is 0 Å². The van der Waals surface area contributed by atoms with Gasteiger partial charge in [-0.1, -0.05) is 30.3 Å². The Labute approximate surface area is 185 Å². The Morgan fingerprint density at radius 3 is 2.38 bits per heavy atom. The van der Waals surface area contributed by atoms with E-state index in [1.165, 1.54) is 5.69 Å². The highest BCUT2D eigenvalue weighted by Gasteiger charge is 2.16. The van der Waals surface area contributed by atoms with Gasteiger partial charge in [0, 0.05) is 38.4 Å². The molecule has 0 radical (unpaired) electrons. The summed E-state index contributed by atoms with van der Waals surface area (Å²) >= 11 is 0. The molecule has 2 amide bonds. The van der Waals surface area contributed by atoms with Crippen LogP contribution < -0.4 is 20.7 Å². The zero-order valence-corrected chi connectivity index (χ0v) is 18.3. The van der Waals surface area contributed by atoms with Crippen LogP contribution in [0.5, 0.6) is 5.75 Å². The Morgan fingerprint density at radius 1 is 1.03 bits per heavy atom. The molecule has 0 atom stereocenters. The number of amides is 2. The number of anilines is 2. The monoisotopic (exact) mass is 440 g/mol. The molecule has 0 bridgehead atoms. The highest BCUT2D eigenvalue weighted by molar-refractivity contribution is 5.90. The van der Waals surface area contributed by atoms with E-state index < -0.39 is 6.03 Å². The summed E-state index contributed by atoms with van der Waals surface area (Å²) in [6.45, 7) is 7.76. The van der Waals surface area contributed by atoms with Crippen molar-refractivity contribution in [3.8, 4) is 5.75 Å². The van der Waals surface area contributed by atoms with Gasteiger partial charge in [0.15, 0.2) is 0 Å². The molecule has 0 spiro atoms. The third-order valence-electron chi connectivity index (χ3n) is 4.85. The van der Waals surface area contributed by atoms with E-state index in [0.29, 0.717) is 18.0 Å². The first-order valence-electron chi connectivity index (χ1n) is 9.45. The molecule has 1 fully saturated rings. The minimum Gasteiger partial charge on any atom is -0.491 e. The Balaban J connectivity index is 0.00000210. The first kappa shape index (κ1) is 24.9. The van der Waals surface area contributed by atoms with E-state index in [9.17, 15) is 4.79 Å². The second-order valence-electron chi connectivity index (χ2n) is 6.80. The predicted octanol–water partition coefficient (Wildman–Crippen LogP) is 3.92. The molecule has 29 heavy (non-hydrogen) atoms. The normalized spacial score (nSPS) is 13.8. The third kappa shape index (κ3) is 7.31. The number of benzene rings is 2. The lowest BCUT2D eigenvalue weighted by atomic mass is 10.2. The summed E-state index contributed by atoms with van der Waals surface area (Å²) in [7, 11) is 0. The third-order valence-corrected chi connectivity index (χ3v) is 4.85. The summed E-state index contributed by atoms with van der Waals surface area (Å²) in [6, 6.07) is 15.7. The lowest BCUT2D eigenvalue weighted by Gasteiger charge is -2.36. The van der Waals surface area contributed by atoms with Crippen molar-refractivity contribution in [3.05, 3.63) is 54.1 Å². The van der Waals surface area contributed by atoms with E-state index in [1.54, 1.807) is 0 Å². The van der Waals surface area contributed by atoms with E-state index in [4.69, 9.17) is 10.5 Å². The zero-order valence-electron chi connectivity index (χ0n) is 16.7. The molecule has 0 aromatic heterocycles. The molecule has 0 aliphatic carbocycles. The molecule has 1 aliphatic heterocycles. The molecule has 3 N–H and O–H groups in total. The van der Waals surface area contributed by atoms with Crippen LogP contribution in [0.1, 0.15) is 12.0 Å². The quantitative estimate of drug-likeness (QED) is 0.639. The van der Waals surface area contributed by atoms with Crippen LogP contribution >= 0.6 is 24.8 Å². The molecule has 6 nitrogen and oxygen atoms in total. The van der Waals surface area contributed by atoms with E-state index in [-0.39, 0.29) is 24.8 Å². The van der Waals surface area contributed by atoms with Gasteiger partial charge in [-0.15, -0.1) is 24.8 Å². The summed E-state index contributed by atoms with van der Waals surface area (Å²) in [5.41, 5.74) is 8.14. The van der Waals surface area contributed by atoms with Crippen LogP contribution in [0.4, 0.5) is 16.2 Å². The lowest BCUT2D eigenvalue weighted by molar-refractivity contribution is 0.225. The number of para-hydroxylation sites is 2. The van der Waals surface area contributed by atoms with Gasteiger partial charge in [0.05, 0.1) is 12.3 Å². The fourth-order valence-electron chi connectivity index (χ4n) is 3.38. The SMILES string of the molecule is Cc1cccc(OCCCN2CCN(c3ccccc3)CC2)c1NC(N)=O.Cl.Cl. The van der Waals surface area contributed by atoms with Gasteiger partial charge in [-0.25, -0.2) is 4.79 Å². The van der Waals surface area contributed by atoms with Crippen LogP contribution in [0.3, 0.4) is 0 Å². The number of halogens is 2. The van der Waals surface area contributed by atoms with E-state index in [2.05, 4.69) is 45.4 Å². The average Bonchev–Trinajstić information content (AvgIpc) is 2.68. The summed E-state index contributed by atoms with van der Waals surface area (Å²) in [4.78, 5) is 16.1. The molecule has 2 aromatic carbocycles. The first-order valence-corrected chi connectivity index (χ1v) is 9.45. The first-order chi connectivity index (χ1) is 13.1. The van der Waals surface area contributed by atoms with Crippen LogP contribution in [0.25, 0.3) is 0 Å². The van der Waals surface area contributed by atoms with E-state index >= 15 is 0 Å². The highest BCUT2D eigenvalue weighted by atomic mass is 35.5. The van der Waals surface area contributed by atoms with Gasteiger partial charge >= 0.3 is 6.03 Å². The maximum absolute atomic E-state index is 11.2. The zero-order chi connectivity index (χ0) is 19.1. The number of nitrogens with one attached hydrogen (secondary N) is 1. The van der Waals surface area contributed by atoms with Crippen molar-refractivity contribution in [3.63, 3.8) is 0 Å². The Hall–Kier alpha value is -2.15. The molecule has 1 saturated heterocycles. The van der Waals surface area contributed by atoms with Crippen molar-refractivity contribution in [1.29, 1.82) is 0 Å². The molecule has 0 unspecified atom stereocenters. The number of nitrogens with two attached hydrogens (primary N) is 1.